The van der Waals surface area contributed by atoms with Crippen LogP contribution in [0.1, 0.15) is 46.9 Å². The molecule has 2 aliphatic rings. The van der Waals surface area contributed by atoms with E-state index in [9.17, 15) is 14.4 Å². The van der Waals surface area contributed by atoms with Crippen molar-refractivity contribution in [2.24, 2.45) is 0 Å². The summed E-state index contributed by atoms with van der Waals surface area (Å²) in [4.78, 5) is 44.7. The Kier molecular flexibility index (Phi) is 7.17. The largest absolute Gasteiger partial charge is 0.353 e. The minimum atomic E-state index is -0.142. The summed E-state index contributed by atoms with van der Waals surface area (Å²) in [6.07, 6.45) is 5.38. The molecular weight excluding hydrogens is 524 g/mol. The summed E-state index contributed by atoms with van der Waals surface area (Å²) in [5, 5.41) is 11.1. The van der Waals surface area contributed by atoms with E-state index >= 15 is 0 Å². The maximum atomic E-state index is 13.2. The van der Waals surface area contributed by atoms with Gasteiger partial charge in [-0.3, -0.25) is 14.4 Å². The van der Waals surface area contributed by atoms with Gasteiger partial charge in [-0.25, -0.2) is 9.67 Å². The SMILES string of the molecule is CC(=O)Nc1nc2c(s1)-c1c(cnn1-c1ccc(C(=O)N3CCC(NC(=O)Cc4ccccc4)CC3)cc1)CC2. The highest BCUT2D eigenvalue weighted by Crippen LogP contribution is 2.40. The number of anilines is 1. The number of rotatable bonds is 6. The third kappa shape index (κ3) is 5.40. The molecule has 9 nitrogen and oxygen atoms in total. The number of amides is 3. The van der Waals surface area contributed by atoms with Gasteiger partial charge in [-0.2, -0.15) is 5.10 Å². The third-order valence-electron chi connectivity index (χ3n) is 7.39. The summed E-state index contributed by atoms with van der Waals surface area (Å²) in [6.45, 7) is 2.69. The van der Waals surface area contributed by atoms with Crippen LogP contribution in [0.2, 0.25) is 0 Å². The maximum absolute atomic E-state index is 13.2. The zero-order chi connectivity index (χ0) is 27.6. The Hall–Kier alpha value is -4.31. The van der Waals surface area contributed by atoms with Crippen LogP contribution in [0.25, 0.3) is 16.3 Å². The summed E-state index contributed by atoms with van der Waals surface area (Å²) in [5.41, 5.74) is 5.58. The molecule has 204 valence electrons. The smallest absolute Gasteiger partial charge is 0.253 e. The van der Waals surface area contributed by atoms with Gasteiger partial charge in [-0.15, -0.1) is 0 Å². The Bertz CT molecular complexity index is 1550. The summed E-state index contributed by atoms with van der Waals surface area (Å²) < 4.78 is 1.89. The minimum absolute atomic E-state index is 0.00667. The molecule has 1 aliphatic heterocycles. The molecule has 0 saturated carbocycles. The Balaban J connectivity index is 1.09. The van der Waals surface area contributed by atoms with Gasteiger partial charge in [-0.05, 0) is 61.1 Å². The Labute approximate surface area is 236 Å². The highest BCUT2D eigenvalue weighted by molar-refractivity contribution is 7.19. The highest BCUT2D eigenvalue weighted by atomic mass is 32.1. The number of carbonyl (C=O) groups excluding carboxylic acids is 3. The van der Waals surface area contributed by atoms with Crippen LogP contribution in [-0.4, -0.2) is 56.5 Å². The lowest BCUT2D eigenvalue weighted by Gasteiger charge is -2.32. The van der Waals surface area contributed by atoms with E-state index in [0.717, 1.165) is 58.8 Å². The Morgan fingerprint density at radius 3 is 2.48 bits per heavy atom. The van der Waals surface area contributed by atoms with Crippen LogP contribution in [0.15, 0.2) is 60.8 Å². The standard InChI is InChI=1S/C30H30N6O3S/c1-19(37)32-30-34-25-12-9-22-18-31-36(27(22)28(25)40-30)24-10-7-21(8-11-24)29(39)35-15-13-23(14-16-35)33-26(38)17-20-5-3-2-4-6-20/h2-8,10-11,18,23H,9,12-17H2,1H3,(H,33,38)(H,32,34,37). The van der Waals surface area contributed by atoms with Crippen LogP contribution in [0, 0.1) is 0 Å². The van der Waals surface area contributed by atoms with Crippen molar-refractivity contribution in [3.63, 3.8) is 0 Å². The number of thiazole rings is 1. The number of hydrogen-bond acceptors (Lipinski definition) is 6. The molecule has 40 heavy (non-hydrogen) atoms. The van der Waals surface area contributed by atoms with Gasteiger partial charge in [0.1, 0.15) is 0 Å². The van der Waals surface area contributed by atoms with Crippen molar-refractivity contribution in [3.8, 4) is 16.3 Å². The van der Waals surface area contributed by atoms with Gasteiger partial charge >= 0.3 is 0 Å². The number of piperidine rings is 1. The molecule has 0 atom stereocenters. The molecule has 10 heteroatoms. The number of hydrogen-bond donors (Lipinski definition) is 2. The van der Waals surface area contributed by atoms with E-state index in [1.165, 1.54) is 18.3 Å². The van der Waals surface area contributed by atoms with E-state index in [1.54, 1.807) is 0 Å². The monoisotopic (exact) mass is 554 g/mol. The molecule has 0 radical (unpaired) electrons. The second-order valence-electron chi connectivity index (χ2n) is 10.2. The zero-order valence-electron chi connectivity index (χ0n) is 22.2. The second-order valence-corrected chi connectivity index (χ2v) is 11.2. The molecule has 0 spiro atoms. The number of benzene rings is 2. The Morgan fingerprint density at radius 1 is 1.00 bits per heavy atom. The van der Waals surface area contributed by atoms with E-state index in [2.05, 4.69) is 20.7 Å². The van der Waals surface area contributed by atoms with Crippen molar-refractivity contribution in [2.45, 2.75) is 45.1 Å². The van der Waals surface area contributed by atoms with Crippen LogP contribution in [-0.2, 0) is 28.9 Å². The fourth-order valence-corrected chi connectivity index (χ4v) is 6.50. The van der Waals surface area contributed by atoms with Crippen LogP contribution in [0.5, 0.6) is 0 Å². The van der Waals surface area contributed by atoms with Crippen molar-refractivity contribution in [3.05, 3.63) is 83.2 Å². The summed E-state index contributed by atoms with van der Waals surface area (Å²) in [7, 11) is 0. The van der Waals surface area contributed by atoms with Crippen LogP contribution < -0.4 is 10.6 Å². The molecule has 3 amide bonds. The minimum Gasteiger partial charge on any atom is -0.353 e. The van der Waals surface area contributed by atoms with Crippen molar-refractivity contribution in [2.75, 3.05) is 18.4 Å². The van der Waals surface area contributed by atoms with Crippen molar-refractivity contribution in [1.82, 2.24) is 25.0 Å². The molecular formula is C30H30N6O3S. The van der Waals surface area contributed by atoms with Gasteiger partial charge in [0.2, 0.25) is 11.8 Å². The molecule has 6 rings (SSSR count). The number of fused-ring (bicyclic) bond motifs is 3. The molecule has 3 heterocycles. The fraction of sp³-hybridized carbons (Fsp3) is 0.300. The number of nitrogens with zero attached hydrogens (tertiary/aromatic N) is 4. The predicted molar refractivity (Wildman–Crippen MR) is 154 cm³/mol. The first-order valence-corrected chi connectivity index (χ1v) is 14.3. The van der Waals surface area contributed by atoms with Gasteiger partial charge in [-0.1, -0.05) is 41.7 Å². The molecule has 0 unspecified atom stereocenters. The van der Waals surface area contributed by atoms with Gasteiger partial charge in [0.05, 0.1) is 34.6 Å². The predicted octanol–water partition coefficient (Wildman–Crippen LogP) is 4.02. The van der Waals surface area contributed by atoms with Gasteiger partial charge in [0, 0.05) is 31.6 Å². The number of carbonyl (C=O) groups is 3. The van der Waals surface area contributed by atoms with Crippen LogP contribution >= 0.6 is 11.3 Å². The second kappa shape index (κ2) is 11.1. The lowest BCUT2D eigenvalue weighted by molar-refractivity contribution is -0.121. The molecule has 0 bridgehead atoms. The van der Waals surface area contributed by atoms with Gasteiger partial charge in [0.25, 0.3) is 5.91 Å². The molecule has 4 aromatic rings. The molecule has 1 fully saturated rings. The van der Waals surface area contributed by atoms with E-state index in [1.807, 2.05) is 70.4 Å². The summed E-state index contributed by atoms with van der Waals surface area (Å²) >= 11 is 1.46. The first-order chi connectivity index (χ1) is 19.4. The van der Waals surface area contributed by atoms with Crippen LogP contribution in [0.4, 0.5) is 5.13 Å². The van der Waals surface area contributed by atoms with E-state index in [4.69, 9.17) is 0 Å². The first-order valence-electron chi connectivity index (χ1n) is 13.5. The average molecular weight is 555 g/mol. The quantitative estimate of drug-likeness (QED) is 0.374. The molecule has 2 aromatic heterocycles. The summed E-state index contributed by atoms with van der Waals surface area (Å²) in [5.74, 6) is -0.130. The lowest BCUT2D eigenvalue weighted by atomic mass is 10.0. The maximum Gasteiger partial charge on any atom is 0.253 e. The fourth-order valence-electron chi connectivity index (χ4n) is 5.38. The number of aromatic nitrogens is 3. The molecule has 1 saturated heterocycles. The lowest BCUT2D eigenvalue weighted by Crippen LogP contribution is -2.46. The topological polar surface area (TPSA) is 109 Å². The average Bonchev–Trinajstić information content (AvgIpc) is 3.57. The number of aryl methyl sites for hydroxylation is 2. The van der Waals surface area contributed by atoms with Crippen molar-refractivity contribution < 1.29 is 14.4 Å². The third-order valence-corrected chi connectivity index (χ3v) is 8.40. The van der Waals surface area contributed by atoms with Crippen molar-refractivity contribution in [1.29, 1.82) is 0 Å². The molecule has 2 N–H and O–H groups in total. The number of likely N-dealkylation sites (tertiary alicyclic amines) is 1. The Morgan fingerprint density at radius 2 is 1.75 bits per heavy atom. The summed E-state index contributed by atoms with van der Waals surface area (Å²) in [6, 6.07) is 17.3. The molecule has 2 aromatic carbocycles. The van der Waals surface area contributed by atoms with Gasteiger partial charge < -0.3 is 15.5 Å². The zero-order valence-corrected chi connectivity index (χ0v) is 23.0. The highest BCUT2D eigenvalue weighted by Gasteiger charge is 2.27. The number of nitrogens with one attached hydrogen (secondary N) is 2. The van der Waals surface area contributed by atoms with Crippen molar-refractivity contribution >= 4 is 34.2 Å². The van der Waals surface area contributed by atoms with Crippen LogP contribution in [0.3, 0.4) is 0 Å². The normalized spacial score (nSPS) is 14.8. The van der Waals surface area contributed by atoms with E-state index in [0.29, 0.717) is 30.2 Å². The first kappa shape index (κ1) is 25.9. The molecule has 1 aliphatic carbocycles. The van der Waals surface area contributed by atoms with E-state index < -0.39 is 0 Å². The van der Waals surface area contributed by atoms with Gasteiger partial charge in [0.15, 0.2) is 5.13 Å². The van der Waals surface area contributed by atoms with E-state index in [-0.39, 0.29) is 23.8 Å².